The zero-order valence-corrected chi connectivity index (χ0v) is 10.9. The Morgan fingerprint density at radius 3 is 2.45 bits per heavy atom. The van der Waals surface area contributed by atoms with Crippen molar-refractivity contribution in [1.82, 2.24) is 0 Å². The monoisotopic (exact) mass is 283 g/mol. The Labute approximate surface area is 115 Å². The molecule has 1 fully saturated rings. The molecule has 0 saturated heterocycles. The number of benzene rings is 1. The Hall–Kier alpha value is -1.74. The molecule has 1 saturated carbocycles. The smallest absolute Gasteiger partial charge is 0.378 e. The molecule has 1 aromatic carbocycles. The summed E-state index contributed by atoms with van der Waals surface area (Å²) in [7, 11) is 0. The summed E-state index contributed by atoms with van der Waals surface area (Å²) in [6.45, 7) is 0.383. The van der Waals surface area contributed by atoms with Crippen LogP contribution in [0.3, 0.4) is 0 Å². The van der Waals surface area contributed by atoms with Crippen molar-refractivity contribution in [2.24, 2.45) is 5.73 Å². The molecule has 0 atom stereocenters. The van der Waals surface area contributed by atoms with Crippen LogP contribution in [0.1, 0.15) is 36.8 Å². The molecule has 0 unspecified atom stereocenters. The topological polar surface area (TPSA) is 61.8 Å². The molecule has 1 aliphatic rings. The van der Waals surface area contributed by atoms with Crippen LogP contribution in [0.4, 0.5) is 18.9 Å². The summed E-state index contributed by atoms with van der Waals surface area (Å²) >= 11 is 0. The molecule has 6 heteroatoms. The van der Waals surface area contributed by atoms with Gasteiger partial charge in [0.25, 0.3) is 0 Å². The van der Waals surface area contributed by atoms with E-state index in [1.165, 1.54) is 12.1 Å². The van der Waals surface area contributed by atoms with E-state index in [2.05, 4.69) is 5.32 Å². The van der Waals surface area contributed by atoms with Gasteiger partial charge in [-0.05, 0) is 31.0 Å². The number of nitrogens with zero attached hydrogens (tertiary/aromatic N) is 1. The second-order valence-electron chi connectivity index (χ2n) is 5.19. The maximum Gasteiger partial charge on any atom is 0.417 e. The number of hydrogen-bond acceptors (Lipinski definition) is 3. The third-order valence-electron chi connectivity index (χ3n) is 3.81. The fourth-order valence-electron chi connectivity index (χ4n) is 2.69. The fraction of sp³-hybridized carbons (Fsp3) is 0.500. The maximum atomic E-state index is 12.9. The number of nitrogens with two attached hydrogens (primary N) is 1. The van der Waals surface area contributed by atoms with E-state index in [0.717, 1.165) is 31.7 Å². The first-order valence-corrected chi connectivity index (χ1v) is 6.50. The lowest BCUT2D eigenvalue weighted by molar-refractivity contribution is -0.137. The van der Waals surface area contributed by atoms with Crippen molar-refractivity contribution in [1.29, 1.82) is 5.26 Å². The van der Waals surface area contributed by atoms with Crippen LogP contribution in [0.15, 0.2) is 18.2 Å². The van der Waals surface area contributed by atoms with E-state index in [9.17, 15) is 13.2 Å². The van der Waals surface area contributed by atoms with Gasteiger partial charge in [0.2, 0.25) is 0 Å². The van der Waals surface area contributed by atoms with Gasteiger partial charge < -0.3 is 11.1 Å². The van der Waals surface area contributed by atoms with Crippen molar-refractivity contribution in [2.75, 3.05) is 11.9 Å². The normalized spacial score (nSPS) is 17.8. The second-order valence-corrected chi connectivity index (χ2v) is 5.19. The van der Waals surface area contributed by atoms with Gasteiger partial charge in [-0.25, -0.2) is 0 Å². The van der Waals surface area contributed by atoms with E-state index in [1.807, 2.05) is 0 Å². The molecular weight excluding hydrogens is 267 g/mol. The number of nitrogens with one attached hydrogen (secondary N) is 1. The summed E-state index contributed by atoms with van der Waals surface area (Å²) < 4.78 is 38.7. The Kier molecular flexibility index (Phi) is 3.91. The number of anilines is 1. The van der Waals surface area contributed by atoms with E-state index >= 15 is 0 Å². The van der Waals surface area contributed by atoms with E-state index in [-0.39, 0.29) is 11.1 Å². The van der Waals surface area contributed by atoms with E-state index in [0.29, 0.717) is 12.2 Å². The highest BCUT2D eigenvalue weighted by Gasteiger charge is 2.36. The third-order valence-corrected chi connectivity index (χ3v) is 3.81. The van der Waals surface area contributed by atoms with Gasteiger partial charge in [-0.2, -0.15) is 18.4 Å². The van der Waals surface area contributed by atoms with Gasteiger partial charge in [0, 0.05) is 17.8 Å². The molecule has 0 bridgehead atoms. The lowest BCUT2D eigenvalue weighted by Crippen LogP contribution is -2.42. The largest absolute Gasteiger partial charge is 0.417 e. The highest BCUT2D eigenvalue weighted by atomic mass is 19.4. The predicted molar refractivity (Wildman–Crippen MR) is 70.0 cm³/mol. The molecule has 20 heavy (non-hydrogen) atoms. The minimum Gasteiger partial charge on any atom is -0.378 e. The van der Waals surface area contributed by atoms with Gasteiger partial charge >= 0.3 is 6.18 Å². The number of rotatable bonds is 3. The fourth-order valence-corrected chi connectivity index (χ4v) is 2.69. The summed E-state index contributed by atoms with van der Waals surface area (Å²) in [5.41, 5.74) is 4.53. The highest BCUT2D eigenvalue weighted by molar-refractivity contribution is 5.54. The predicted octanol–water partition coefficient (Wildman–Crippen LogP) is 3.26. The summed E-state index contributed by atoms with van der Waals surface area (Å²) in [6, 6.07) is 5.27. The molecule has 0 amide bonds. The molecule has 1 aromatic rings. The first-order valence-electron chi connectivity index (χ1n) is 6.50. The van der Waals surface area contributed by atoms with Gasteiger partial charge in [-0.3, -0.25) is 0 Å². The average Bonchev–Trinajstić information content (AvgIpc) is 2.87. The maximum absolute atomic E-state index is 12.9. The van der Waals surface area contributed by atoms with Crippen molar-refractivity contribution in [3.8, 4) is 6.07 Å². The van der Waals surface area contributed by atoms with Crippen molar-refractivity contribution in [3.63, 3.8) is 0 Å². The van der Waals surface area contributed by atoms with Gasteiger partial charge in [-0.15, -0.1) is 0 Å². The minimum absolute atomic E-state index is 0.322. The summed E-state index contributed by atoms with van der Waals surface area (Å²) in [5, 5.41) is 11.9. The molecule has 2 rings (SSSR count). The van der Waals surface area contributed by atoms with Gasteiger partial charge in [0.1, 0.15) is 0 Å². The molecule has 3 N–H and O–H groups in total. The van der Waals surface area contributed by atoms with E-state index in [4.69, 9.17) is 11.0 Å². The van der Waals surface area contributed by atoms with Crippen LogP contribution in [-0.2, 0) is 6.18 Å². The standard InChI is InChI=1S/C14H16F3N3/c15-14(16,17)12-7-11(4-3-10(12)8-18)20-13(9-19)5-1-2-6-13/h3-4,7,20H,1-2,5-6,9,19H2. The number of hydrogen-bond donors (Lipinski definition) is 2. The SMILES string of the molecule is N#Cc1ccc(NC2(CN)CCCC2)cc1C(F)(F)F. The van der Waals surface area contributed by atoms with Crippen LogP contribution in [-0.4, -0.2) is 12.1 Å². The highest BCUT2D eigenvalue weighted by Crippen LogP contribution is 2.36. The second kappa shape index (κ2) is 5.33. The summed E-state index contributed by atoms with van der Waals surface area (Å²) in [5.74, 6) is 0. The van der Waals surface area contributed by atoms with Crippen LogP contribution in [0.5, 0.6) is 0 Å². The summed E-state index contributed by atoms with van der Waals surface area (Å²) in [4.78, 5) is 0. The molecule has 0 aliphatic heterocycles. The van der Waals surface area contributed by atoms with E-state index < -0.39 is 11.7 Å². The quantitative estimate of drug-likeness (QED) is 0.895. The molecule has 0 aromatic heterocycles. The van der Waals surface area contributed by atoms with Crippen LogP contribution in [0.25, 0.3) is 0 Å². The van der Waals surface area contributed by atoms with Crippen LogP contribution >= 0.6 is 0 Å². The number of nitriles is 1. The molecule has 0 heterocycles. The van der Waals surface area contributed by atoms with Gasteiger partial charge in [0.15, 0.2) is 0 Å². The first-order chi connectivity index (χ1) is 9.40. The first kappa shape index (κ1) is 14.7. The van der Waals surface area contributed by atoms with Gasteiger partial charge in [-0.1, -0.05) is 12.8 Å². The number of alkyl halides is 3. The Morgan fingerprint density at radius 1 is 1.30 bits per heavy atom. The molecule has 0 radical (unpaired) electrons. The molecule has 1 aliphatic carbocycles. The van der Waals surface area contributed by atoms with Crippen LogP contribution in [0, 0.1) is 11.3 Å². The number of halogens is 3. The Balaban J connectivity index is 2.32. The van der Waals surface area contributed by atoms with E-state index in [1.54, 1.807) is 6.07 Å². The third kappa shape index (κ3) is 2.88. The van der Waals surface area contributed by atoms with Crippen LogP contribution < -0.4 is 11.1 Å². The molecule has 108 valence electrons. The lowest BCUT2D eigenvalue weighted by Gasteiger charge is -2.30. The summed E-state index contributed by atoms with van der Waals surface area (Å²) in [6.07, 6.45) is -0.788. The molecule has 3 nitrogen and oxygen atoms in total. The Morgan fingerprint density at radius 2 is 1.95 bits per heavy atom. The van der Waals surface area contributed by atoms with Crippen molar-refractivity contribution in [2.45, 2.75) is 37.4 Å². The van der Waals surface area contributed by atoms with Crippen LogP contribution in [0.2, 0.25) is 0 Å². The lowest BCUT2D eigenvalue weighted by atomic mass is 9.96. The minimum atomic E-state index is -4.53. The Bertz CT molecular complexity index is 525. The molecule has 0 spiro atoms. The molecular formula is C14H16F3N3. The average molecular weight is 283 g/mol. The zero-order chi connectivity index (χ0) is 14.8. The van der Waals surface area contributed by atoms with Crippen molar-refractivity contribution < 1.29 is 13.2 Å². The van der Waals surface area contributed by atoms with Crippen molar-refractivity contribution in [3.05, 3.63) is 29.3 Å². The van der Waals surface area contributed by atoms with Gasteiger partial charge in [0.05, 0.1) is 17.2 Å². The van der Waals surface area contributed by atoms with Crippen molar-refractivity contribution >= 4 is 5.69 Å². The zero-order valence-electron chi connectivity index (χ0n) is 10.9.